The number of nitrogens with zero attached hydrogens (tertiary/aromatic N) is 2. The van der Waals surface area contributed by atoms with Gasteiger partial charge in [-0.25, -0.2) is 4.98 Å². The zero-order valence-corrected chi connectivity index (χ0v) is 19.4. The van der Waals surface area contributed by atoms with Gasteiger partial charge in [0.05, 0.1) is 17.4 Å². The molecular formula is C29H29N3O. The lowest BCUT2D eigenvalue weighted by Crippen LogP contribution is -2.64. The van der Waals surface area contributed by atoms with E-state index in [1.165, 1.54) is 22.3 Å². The molecule has 33 heavy (non-hydrogen) atoms. The van der Waals surface area contributed by atoms with Crippen LogP contribution in [0.25, 0.3) is 22.2 Å². The van der Waals surface area contributed by atoms with Crippen molar-refractivity contribution in [3.63, 3.8) is 0 Å². The molecule has 1 N–H and O–H groups in total. The molecule has 0 saturated carbocycles. The molecule has 1 aliphatic carbocycles. The smallest absolute Gasteiger partial charge is 0.254 e. The summed E-state index contributed by atoms with van der Waals surface area (Å²) in [6.07, 6.45) is 3.53. The molecule has 0 radical (unpaired) electrons. The van der Waals surface area contributed by atoms with E-state index in [9.17, 15) is 4.79 Å². The van der Waals surface area contributed by atoms with E-state index in [1.54, 1.807) is 6.33 Å². The van der Waals surface area contributed by atoms with Crippen molar-refractivity contribution >= 4 is 16.9 Å². The molecule has 1 fully saturated rings. The summed E-state index contributed by atoms with van der Waals surface area (Å²) < 4.78 is 0. The van der Waals surface area contributed by atoms with E-state index in [1.807, 2.05) is 18.2 Å². The van der Waals surface area contributed by atoms with Gasteiger partial charge in [0, 0.05) is 23.6 Å². The van der Waals surface area contributed by atoms with Crippen LogP contribution in [0.15, 0.2) is 73.1 Å². The van der Waals surface area contributed by atoms with Crippen LogP contribution in [0.1, 0.15) is 48.7 Å². The van der Waals surface area contributed by atoms with E-state index < -0.39 is 0 Å². The molecule has 2 heterocycles. The van der Waals surface area contributed by atoms with Crippen LogP contribution in [-0.4, -0.2) is 33.4 Å². The maximum Gasteiger partial charge on any atom is 0.254 e. The standard InChI is InChI=1S/C29H29N3O/c1-28(2)26-17-22-15-20(19-7-5-4-6-8-19)9-11-23(22)29(28,3)13-14-32(26)27(33)21-10-12-24-25(16-21)31-18-30-24/h4-12,15-16,18,26H,13-14,17H2,1-3H3,(H,30,31)/t26?,29-/m0/s1. The molecule has 2 bridgehead atoms. The fraction of sp³-hybridized carbons (Fsp3) is 0.310. The van der Waals surface area contributed by atoms with Gasteiger partial charge in [-0.1, -0.05) is 69.3 Å². The second-order valence-corrected chi connectivity index (χ2v) is 10.4. The molecule has 1 amide bonds. The van der Waals surface area contributed by atoms with E-state index >= 15 is 0 Å². The number of imidazole rings is 1. The van der Waals surface area contributed by atoms with Crippen molar-refractivity contribution in [1.29, 1.82) is 0 Å². The number of H-pyrrole nitrogens is 1. The monoisotopic (exact) mass is 435 g/mol. The average molecular weight is 436 g/mol. The lowest BCUT2D eigenvalue weighted by molar-refractivity contribution is -0.0261. The van der Waals surface area contributed by atoms with Crippen molar-refractivity contribution < 1.29 is 4.79 Å². The van der Waals surface area contributed by atoms with Crippen LogP contribution in [-0.2, 0) is 11.8 Å². The Balaban J connectivity index is 1.41. The molecule has 6 rings (SSSR count). The van der Waals surface area contributed by atoms with Crippen LogP contribution in [0.2, 0.25) is 0 Å². The van der Waals surface area contributed by atoms with Gasteiger partial charge in [0.15, 0.2) is 0 Å². The summed E-state index contributed by atoms with van der Waals surface area (Å²) in [5, 5.41) is 0. The molecule has 2 atom stereocenters. The maximum atomic E-state index is 13.7. The van der Waals surface area contributed by atoms with Gasteiger partial charge in [-0.3, -0.25) is 4.79 Å². The number of nitrogens with one attached hydrogen (secondary N) is 1. The molecule has 4 heteroatoms. The largest absolute Gasteiger partial charge is 0.345 e. The number of likely N-dealkylation sites (tertiary alicyclic amines) is 1. The number of hydrogen-bond donors (Lipinski definition) is 1. The second kappa shape index (κ2) is 7.05. The van der Waals surface area contributed by atoms with E-state index in [4.69, 9.17) is 0 Å². The minimum atomic E-state index is -0.0275. The number of carbonyl (C=O) groups excluding carboxylic acids is 1. The SMILES string of the molecule is CC1(C)C2Cc3cc(-c4ccccc4)ccc3[C@]1(C)CCN2C(=O)c1ccc2nc[nH]c2c1. The van der Waals surface area contributed by atoms with Crippen LogP contribution in [0.3, 0.4) is 0 Å². The first-order chi connectivity index (χ1) is 15.9. The summed E-state index contributed by atoms with van der Waals surface area (Å²) in [7, 11) is 0. The second-order valence-electron chi connectivity index (χ2n) is 10.4. The van der Waals surface area contributed by atoms with Crippen LogP contribution >= 0.6 is 0 Å². The van der Waals surface area contributed by atoms with Gasteiger partial charge >= 0.3 is 0 Å². The molecule has 0 spiro atoms. The van der Waals surface area contributed by atoms with Crippen molar-refractivity contribution in [1.82, 2.24) is 14.9 Å². The Morgan fingerprint density at radius 3 is 2.64 bits per heavy atom. The Morgan fingerprint density at radius 2 is 1.82 bits per heavy atom. The number of hydrogen-bond acceptors (Lipinski definition) is 2. The topological polar surface area (TPSA) is 49.0 Å². The van der Waals surface area contributed by atoms with Crippen LogP contribution < -0.4 is 0 Å². The van der Waals surface area contributed by atoms with Gasteiger partial charge in [0.1, 0.15) is 0 Å². The number of piperidine rings is 1. The Kier molecular flexibility index (Phi) is 4.32. The van der Waals surface area contributed by atoms with E-state index in [-0.39, 0.29) is 22.8 Å². The summed E-state index contributed by atoms with van der Waals surface area (Å²) in [6.45, 7) is 7.88. The summed E-state index contributed by atoms with van der Waals surface area (Å²) in [6, 6.07) is 23.5. The van der Waals surface area contributed by atoms with Crippen molar-refractivity contribution in [2.75, 3.05) is 6.54 Å². The molecule has 3 aromatic carbocycles. The molecule has 1 aliphatic heterocycles. The van der Waals surface area contributed by atoms with E-state index in [2.05, 4.69) is 84.2 Å². The number of fused-ring (bicyclic) bond motifs is 5. The molecule has 4 nitrogen and oxygen atoms in total. The van der Waals surface area contributed by atoms with Gasteiger partial charge in [-0.2, -0.15) is 0 Å². The summed E-state index contributed by atoms with van der Waals surface area (Å²) in [5.41, 5.74) is 7.85. The van der Waals surface area contributed by atoms with E-state index in [0.29, 0.717) is 0 Å². The Hall–Kier alpha value is -3.40. The normalized spacial score (nSPS) is 23.4. The first kappa shape index (κ1) is 20.2. The third kappa shape index (κ3) is 2.90. The third-order valence-electron chi connectivity index (χ3n) is 8.63. The molecule has 2 aliphatic rings. The maximum absolute atomic E-state index is 13.7. The molecule has 1 aromatic heterocycles. The Morgan fingerprint density at radius 1 is 1.00 bits per heavy atom. The van der Waals surface area contributed by atoms with Gasteiger partial charge in [-0.05, 0) is 58.7 Å². The number of carbonyl (C=O) groups is 1. The van der Waals surface area contributed by atoms with Crippen molar-refractivity contribution in [2.45, 2.75) is 45.1 Å². The van der Waals surface area contributed by atoms with Gasteiger partial charge in [-0.15, -0.1) is 0 Å². The highest BCUT2D eigenvalue weighted by molar-refractivity contribution is 5.97. The zero-order chi connectivity index (χ0) is 22.8. The zero-order valence-electron chi connectivity index (χ0n) is 19.4. The third-order valence-corrected chi connectivity index (χ3v) is 8.63. The molecular weight excluding hydrogens is 406 g/mol. The molecule has 1 unspecified atom stereocenters. The predicted octanol–water partition coefficient (Wildman–Crippen LogP) is 5.98. The van der Waals surface area contributed by atoms with Gasteiger partial charge in [0.2, 0.25) is 0 Å². The number of aromatic amines is 1. The minimum absolute atomic E-state index is 0.0275. The van der Waals surface area contributed by atoms with Crippen molar-refractivity contribution in [2.24, 2.45) is 5.41 Å². The van der Waals surface area contributed by atoms with Gasteiger partial charge < -0.3 is 9.88 Å². The molecule has 4 aromatic rings. The summed E-state index contributed by atoms with van der Waals surface area (Å²) in [4.78, 5) is 23.3. The summed E-state index contributed by atoms with van der Waals surface area (Å²) >= 11 is 0. The fourth-order valence-corrected chi connectivity index (χ4v) is 6.22. The number of aromatic nitrogens is 2. The lowest BCUT2D eigenvalue weighted by atomic mass is 9.51. The highest BCUT2D eigenvalue weighted by atomic mass is 16.2. The number of benzene rings is 3. The van der Waals surface area contributed by atoms with Crippen LogP contribution in [0, 0.1) is 5.41 Å². The Bertz CT molecular complexity index is 1370. The minimum Gasteiger partial charge on any atom is -0.345 e. The predicted molar refractivity (Wildman–Crippen MR) is 132 cm³/mol. The van der Waals surface area contributed by atoms with Gasteiger partial charge in [0.25, 0.3) is 5.91 Å². The lowest BCUT2D eigenvalue weighted by Gasteiger charge is -2.61. The number of rotatable bonds is 2. The highest BCUT2D eigenvalue weighted by Crippen LogP contribution is 2.56. The van der Waals surface area contributed by atoms with Crippen molar-refractivity contribution in [3.8, 4) is 11.1 Å². The molecule has 166 valence electrons. The van der Waals surface area contributed by atoms with Crippen LogP contribution in [0.4, 0.5) is 0 Å². The summed E-state index contributed by atoms with van der Waals surface area (Å²) in [5.74, 6) is 0.120. The molecule has 1 saturated heterocycles. The average Bonchev–Trinajstić information content (AvgIpc) is 3.29. The van der Waals surface area contributed by atoms with Crippen molar-refractivity contribution in [3.05, 3.63) is 89.7 Å². The fourth-order valence-electron chi connectivity index (χ4n) is 6.22. The number of amides is 1. The quantitative estimate of drug-likeness (QED) is 0.421. The Labute approximate surface area is 194 Å². The van der Waals surface area contributed by atoms with Crippen LogP contribution in [0.5, 0.6) is 0 Å². The first-order valence-corrected chi connectivity index (χ1v) is 11.8. The van der Waals surface area contributed by atoms with E-state index in [0.717, 1.165) is 36.0 Å². The highest BCUT2D eigenvalue weighted by Gasteiger charge is 2.56. The first-order valence-electron chi connectivity index (χ1n) is 11.8.